The van der Waals surface area contributed by atoms with Crippen LogP contribution in [0.2, 0.25) is 0 Å². The Kier molecular flexibility index (Phi) is 4.54. The normalized spacial score (nSPS) is 18.1. The Morgan fingerprint density at radius 2 is 1.81 bits per heavy atom. The molecule has 2 aromatic heterocycles. The van der Waals surface area contributed by atoms with Gasteiger partial charge in [0.05, 0.1) is 11.9 Å². The van der Waals surface area contributed by atoms with Crippen molar-refractivity contribution in [1.29, 1.82) is 0 Å². The third-order valence-electron chi connectivity index (χ3n) is 6.15. The molecular weight excluding hydrogens is 410 g/mol. The van der Waals surface area contributed by atoms with Crippen molar-refractivity contribution < 1.29 is 14.4 Å². The van der Waals surface area contributed by atoms with Crippen LogP contribution in [0.3, 0.4) is 0 Å². The number of nitrogens with one attached hydrogen (secondary N) is 1. The molecule has 2 aliphatic rings. The molecule has 4 heterocycles. The van der Waals surface area contributed by atoms with E-state index >= 15 is 0 Å². The van der Waals surface area contributed by atoms with Crippen LogP contribution in [0.25, 0.3) is 22.4 Å². The number of piperidine rings is 1. The number of benzene rings is 1. The van der Waals surface area contributed by atoms with E-state index in [4.69, 9.17) is 0 Å². The summed E-state index contributed by atoms with van der Waals surface area (Å²) in [4.78, 5) is 50.4. The maximum Gasteiger partial charge on any atom is 0.255 e. The molecular formula is C23H21N5O4. The van der Waals surface area contributed by atoms with Crippen molar-refractivity contribution in [2.24, 2.45) is 14.1 Å². The van der Waals surface area contributed by atoms with Crippen LogP contribution >= 0.6 is 0 Å². The Bertz CT molecular complexity index is 1350. The van der Waals surface area contributed by atoms with Crippen LogP contribution in [0, 0.1) is 0 Å². The van der Waals surface area contributed by atoms with Gasteiger partial charge < -0.3 is 9.47 Å². The van der Waals surface area contributed by atoms with Crippen LogP contribution in [0.5, 0.6) is 0 Å². The van der Waals surface area contributed by atoms with Crippen LogP contribution in [0.15, 0.2) is 47.5 Å². The summed E-state index contributed by atoms with van der Waals surface area (Å²) in [5.41, 5.74) is 4.52. The van der Waals surface area contributed by atoms with Crippen LogP contribution in [-0.2, 0) is 30.2 Å². The lowest BCUT2D eigenvalue weighted by molar-refractivity contribution is -0.136. The number of aromatic nitrogens is 3. The van der Waals surface area contributed by atoms with Crippen LogP contribution in [-0.4, -0.2) is 43.0 Å². The van der Waals surface area contributed by atoms with Crippen molar-refractivity contribution in [1.82, 2.24) is 24.6 Å². The van der Waals surface area contributed by atoms with Gasteiger partial charge in [0.2, 0.25) is 11.8 Å². The molecule has 1 aromatic carbocycles. The predicted molar refractivity (Wildman–Crippen MR) is 115 cm³/mol. The largest absolute Gasteiger partial charge is 0.322 e. The summed E-state index contributed by atoms with van der Waals surface area (Å²) in [5.74, 6) is -0.945. The van der Waals surface area contributed by atoms with Crippen molar-refractivity contribution in [2.75, 3.05) is 0 Å². The van der Waals surface area contributed by atoms with E-state index in [-0.39, 0.29) is 23.8 Å². The summed E-state index contributed by atoms with van der Waals surface area (Å²) in [6, 6.07) is 8.34. The highest BCUT2D eigenvalue weighted by Gasteiger charge is 2.39. The Hall–Kier alpha value is -4.01. The molecule has 0 radical (unpaired) electrons. The number of imide groups is 1. The summed E-state index contributed by atoms with van der Waals surface area (Å²) in [5, 5.41) is 6.70. The zero-order valence-electron chi connectivity index (χ0n) is 17.7. The van der Waals surface area contributed by atoms with Gasteiger partial charge in [0.25, 0.3) is 11.5 Å². The fraction of sp³-hybridized carbons (Fsp3) is 0.261. The third-order valence-corrected chi connectivity index (χ3v) is 6.15. The minimum absolute atomic E-state index is 0.117. The molecule has 162 valence electrons. The van der Waals surface area contributed by atoms with Crippen molar-refractivity contribution in [2.45, 2.75) is 25.4 Å². The molecule has 1 atom stereocenters. The molecule has 1 fully saturated rings. The summed E-state index contributed by atoms with van der Waals surface area (Å²) in [6.07, 6.45) is 4.00. The Morgan fingerprint density at radius 3 is 2.56 bits per heavy atom. The lowest BCUT2D eigenvalue weighted by atomic mass is 9.98. The first kappa shape index (κ1) is 19.9. The summed E-state index contributed by atoms with van der Waals surface area (Å²) < 4.78 is 3.22. The number of rotatable bonds is 3. The second kappa shape index (κ2) is 7.30. The van der Waals surface area contributed by atoms with Crippen LogP contribution in [0.4, 0.5) is 0 Å². The van der Waals surface area contributed by atoms with Crippen LogP contribution in [0.1, 0.15) is 28.8 Å². The minimum atomic E-state index is -0.648. The number of pyridine rings is 1. The molecule has 1 saturated heterocycles. The number of carbonyl (C=O) groups is 3. The third kappa shape index (κ3) is 3.13. The number of fused-ring (bicyclic) bond motifs is 1. The molecule has 2 aliphatic heterocycles. The van der Waals surface area contributed by atoms with E-state index in [0.717, 1.165) is 27.9 Å². The number of hydrogen-bond acceptors (Lipinski definition) is 5. The molecule has 1 unspecified atom stereocenters. The predicted octanol–water partition coefficient (Wildman–Crippen LogP) is 1.21. The Balaban J connectivity index is 1.50. The zero-order valence-corrected chi connectivity index (χ0v) is 17.7. The second-order valence-electron chi connectivity index (χ2n) is 8.17. The zero-order chi connectivity index (χ0) is 22.6. The Morgan fingerprint density at radius 1 is 1.00 bits per heavy atom. The van der Waals surface area contributed by atoms with Crippen molar-refractivity contribution >= 4 is 17.7 Å². The van der Waals surface area contributed by atoms with Gasteiger partial charge in [0, 0.05) is 56.0 Å². The molecule has 0 bridgehead atoms. The Labute approximate surface area is 183 Å². The fourth-order valence-electron chi connectivity index (χ4n) is 4.43. The minimum Gasteiger partial charge on any atom is -0.322 e. The SMILES string of the molecule is Cn1ncc(-c2ccc3c(c2)CN(C2CCC(=O)NC2=O)C3=O)c1-c1ccn(C)c(=O)c1. The standard InChI is InChI=1S/C23H21N5O4/c1-26-8-7-14(10-20(26)30)21-17(11-24-27(21)2)13-3-4-16-15(9-13)12-28(23(16)32)18-5-6-19(29)25-22(18)31/h3-4,7-11,18H,5-6,12H2,1-2H3,(H,25,29,31). The van der Waals surface area contributed by atoms with Gasteiger partial charge in [0.15, 0.2) is 0 Å². The lowest BCUT2D eigenvalue weighted by Crippen LogP contribution is -2.52. The number of aryl methyl sites for hydroxylation is 2. The molecule has 32 heavy (non-hydrogen) atoms. The smallest absolute Gasteiger partial charge is 0.255 e. The van der Waals surface area contributed by atoms with Gasteiger partial charge >= 0.3 is 0 Å². The first-order valence-electron chi connectivity index (χ1n) is 10.3. The summed E-state index contributed by atoms with van der Waals surface area (Å²) >= 11 is 0. The molecule has 0 aliphatic carbocycles. The van der Waals surface area contributed by atoms with Crippen molar-refractivity contribution in [3.05, 3.63) is 64.2 Å². The molecule has 9 heteroatoms. The molecule has 5 rings (SSSR count). The lowest BCUT2D eigenvalue weighted by Gasteiger charge is -2.29. The molecule has 3 amide bonds. The highest BCUT2D eigenvalue weighted by molar-refractivity contribution is 6.05. The number of hydrogen-bond donors (Lipinski definition) is 1. The maximum atomic E-state index is 12.9. The van der Waals surface area contributed by atoms with Gasteiger partial charge in [-0.2, -0.15) is 5.10 Å². The van der Waals surface area contributed by atoms with Crippen molar-refractivity contribution in [3.8, 4) is 22.4 Å². The van der Waals surface area contributed by atoms with Gasteiger partial charge in [-0.25, -0.2) is 0 Å². The number of nitrogens with zero attached hydrogens (tertiary/aromatic N) is 4. The quantitative estimate of drug-likeness (QED) is 0.628. The molecule has 3 aromatic rings. The monoisotopic (exact) mass is 431 g/mol. The van der Waals surface area contributed by atoms with E-state index in [0.29, 0.717) is 18.5 Å². The van der Waals surface area contributed by atoms with E-state index in [1.54, 1.807) is 36.3 Å². The fourth-order valence-corrected chi connectivity index (χ4v) is 4.43. The van der Waals surface area contributed by atoms with Gasteiger partial charge in [0.1, 0.15) is 6.04 Å². The molecule has 0 spiro atoms. The van der Waals surface area contributed by atoms with Gasteiger partial charge in [-0.1, -0.05) is 6.07 Å². The van der Waals surface area contributed by atoms with E-state index in [2.05, 4.69) is 10.4 Å². The van der Waals surface area contributed by atoms with E-state index < -0.39 is 11.9 Å². The van der Waals surface area contributed by atoms with E-state index in [1.807, 2.05) is 25.2 Å². The van der Waals surface area contributed by atoms with Gasteiger partial charge in [-0.05, 0) is 35.7 Å². The second-order valence-corrected chi connectivity index (χ2v) is 8.17. The molecule has 0 saturated carbocycles. The highest BCUT2D eigenvalue weighted by Crippen LogP contribution is 2.35. The highest BCUT2D eigenvalue weighted by atomic mass is 16.2. The molecule has 1 N–H and O–H groups in total. The van der Waals surface area contributed by atoms with Gasteiger partial charge in [-0.15, -0.1) is 0 Å². The van der Waals surface area contributed by atoms with E-state index in [1.165, 1.54) is 9.47 Å². The number of carbonyl (C=O) groups excluding carboxylic acids is 3. The number of amides is 3. The summed E-state index contributed by atoms with van der Waals surface area (Å²) in [6.45, 7) is 0.301. The average Bonchev–Trinajstić information content (AvgIpc) is 3.30. The van der Waals surface area contributed by atoms with Crippen LogP contribution < -0.4 is 10.9 Å². The average molecular weight is 431 g/mol. The maximum absolute atomic E-state index is 12.9. The molecule has 9 nitrogen and oxygen atoms in total. The first-order valence-corrected chi connectivity index (χ1v) is 10.3. The van der Waals surface area contributed by atoms with Crippen molar-refractivity contribution in [3.63, 3.8) is 0 Å². The van der Waals surface area contributed by atoms with Gasteiger partial charge in [-0.3, -0.25) is 29.2 Å². The topological polar surface area (TPSA) is 106 Å². The summed E-state index contributed by atoms with van der Waals surface area (Å²) in [7, 11) is 3.51. The first-order chi connectivity index (χ1) is 15.3. The van der Waals surface area contributed by atoms with E-state index in [9.17, 15) is 19.2 Å².